The Bertz CT molecular complexity index is 1950. The molecular weight excluding hydrogens is 655 g/mol. The van der Waals surface area contributed by atoms with Gasteiger partial charge in [-0.15, -0.1) is 23.8 Å². The number of fused-ring (bicyclic) bond motifs is 3. The van der Waals surface area contributed by atoms with E-state index in [0.29, 0.717) is 23.0 Å². The number of hydrogen-bond donors (Lipinski definition) is 1. The van der Waals surface area contributed by atoms with Gasteiger partial charge in [-0.2, -0.15) is 9.97 Å². The second kappa shape index (κ2) is 9.73. The Hall–Kier alpha value is -4.54. The first kappa shape index (κ1) is 23.8. The van der Waals surface area contributed by atoms with Crippen molar-refractivity contribution in [2.75, 3.05) is 0 Å². The molecule has 3 aromatic heterocycles. The van der Waals surface area contributed by atoms with Crippen LogP contribution in [0.5, 0.6) is 17.6 Å². The molecule has 0 saturated carbocycles. The fourth-order valence-corrected chi connectivity index (χ4v) is 4.56. The van der Waals surface area contributed by atoms with Crippen LogP contribution in [0.15, 0.2) is 109 Å². The van der Waals surface area contributed by atoms with Crippen molar-refractivity contribution >= 4 is 32.7 Å². The standard InChI is InChI=1S/C31H19N4O2.Pt/c36-31-33-27-14-5-6-15-28(27)35(31)29-19-21-9-1-3-12-24(21)30(34-29)37-23-11-7-10-22(18-23)26-17-16-20-8-2-4-13-25(20)32-26;/h1-17,19H,(H,33,36);/q-1;. The minimum atomic E-state index is -0.133. The third-order valence-corrected chi connectivity index (χ3v) is 6.31. The van der Waals surface area contributed by atoms with Crippen LogP contribution in [-0.4, -0.2) is 24.6 Å². The molecule has 7 heteroatoms. The normalized spacial score (nSPS) is 11.1. The average Bonchev–Trinajstić information content (AvgIpc) is 3.28. The third kappa shape index (κ3) is 4.19. The number of rotatable bonds is 4. The van der Waals surface area contributed by atoms with E-state index in [1.54, 1.807) is 4.57 Å². The van der Waals surface area contributed by atoms with Crippen LogP contribution in [0, 0.1) is 6.07 Å². The summed E-state index contributed by atoms with van der Waals surface area (Å²) in [6.07, 6.45) is 0. The number of para-hydroxylation sites is 3. The van der Waals surface area contributed by atoms with Crippen molar-refractivity contribution < 1.29 is 30.9 Å². The van der Waals surface area contributed by atoms with Crippen LogP contribution in [0.4, 0.5) is 0 Å². The summed E-state index contributed by atoms with van der Waals surface area (Å²) in [5, 5.41) is 13.5. The molecule has 0 amide bonds. The SMILES string of the molecule is Oc1nc2ccccc2n1-c1cc2ccccc2c(Oc2[c-]c(-c3ccc4ccccc4n3)ccc2)n1.[Pt]. The Morgan fingerprint density at radius 1 is 0.684 bits per heavy atom. The zero-order valence-electron chi connectivity index (χ0n) is 19.9. The summed E-state index contributed by atoms with van der Waals surface area (Å²) in [4.78, 5) is 13.9. The van der Waals surface area contributed by atoms with Gasteiger partial charge in [-0.25, -0.2) is 4.57 Å². The molecule has 0 bridgehead atoms. The van der Waals surface area contributed by atoms with Gasteiger partial charge in [-0.1, -0.05) is 66.7 Å². The van der Waals surface area contributed by atoms with E-state index in [4.69, 9.17) is 14.7 Å². The maximum atomic E-state index is 10.6. The van der Waals surface area contributed by atoms with E-state index in [0.717, 1.165) is 38.4 Å². The van der Waals surface area contributed by atoms with E-state index in [1.807, 2.05) is 103 Å². The molecule has 1 N–H and O–H groups in total. The van der Waals surface area contributed by atoms with Crippen LogP contribution in [0.25, 0.3) is 49.8 Å². The smallest absolute Gasteiger partial charge is 0.300 e. The number of ether oxygens (including phenoxy) is 1. The monoisotopic (exact) mass is 674 g/mol. The Morgan fingerprint density at radius 3 is 2.34 bits per heavy atom. The van der Waals surface area contributed by atoms with Crippen LogP contribution in [0.2, 0.25) is 0 Å². The van der Waals surface area contributed by atoms with Crippen LogP contribution in [0.1, 0.15) is 0 Å². The number of imidazole rings is 1. The van der Waals surface area contributed by atoms with Gasteiger partial charge >= 0.3 is 6.01 Å². The average molecular weight is 675 g/mol. The fraction of sp³-hybridized carbons (Fsp3) is 0. The molecule has 0 fully saturated rings. The van der Waals surface area contributed by atoms with Gasteiger partial charge in [-0.05, 0) is 46.8 Å². The van der Waals surface area contributed by atoms with Gasteiger partial charge in [0.15, 0.2) is 0 Å². The van der Waals surface area contributed by atoms with Crippen molar-refractivity contribution in [2.24, 2.45) is 0 Å². The van der Waals surface area contributed by atoms with Crippen molar-refractivity contribution in [2.45, 2.75) is 0 Å². The predicted molar refractivity (Wildman–Crippen MR) is 144 cm³/mol. The molecule has 0 aliphatic rings. The first-order valence-electron chi connectivity index (χ1n) is 11.9. The largest absolute Gasteiger partial charge is 0.480 e. The van der Waals surface area contributed by atoms with E-state index in [2.05, 4.69) is 17.1 Å². The first-order valence-corrected chi connectivity index (χ1v) is 11.9. The summed E-state index contributed by atoms with van der Waals surface area (Å²) in [7, 11) is 0. The molecule has 7 rings (SSSR count). The summed E-state index contributed by atoms with van der Waals surface area (Å²) in [5.41, 5.74) is 3.99. The van der Waals surface area contributed by atoms with Crippen LogP contribution < -0.4 is 4.74 Å². The summed E-state index contributed by atoms with van der Waals surface area (Å²) < 4.78 is 7.94. The second-order valence-corrected chi connectivity index (χ2v) is 8.66. The molecule has 0 spiro atoms. The maximum absolute atomic E-state index is 10.6. The molecule has 0 atom stereocenters. The Balaban J connectivity index is 0.00000264. The molecule has 186 valence electrons. The van der Waals surface area contributed by atoms with Gasteiger partial charge in [-0.3, -0.25) is 4.98 Å². The molecule has 7 aromatic rings. The van der Waals surface area contributed by atoms with Gasteiger partial charge in [0.2, 0.25) is 5.88 Å². The van der Waals surface area contributed by atoms with Gasteiger partial charge in [0.05, 0.1) is 16.6 Å². The van der Waals surface area contributed by atoms with E-state index in [1.165, 1.54) is 0 Å². The summed E-state index contributed by atoms with van der Waals surface area (Å²) >= 11 is 0. The molecule has 4 aromatic carbocycles. The van der Waals surface area contributed by atoms with Gasteiger partial charge < -0.3 is 9.84 Å². The number of nitrogens with zero attached hydrogens (tertiary/aromatic N) is 4. The quantitative estimate of drug-likeness (QED) is 0.202. The van der Waals surface area contributed by atoms with Crippen molar-refractivity contribution in [3.8, 4) is 34.7 Å². The molecule has 0 saturated heterocycles. The molecule has 0 aliphatic carbocycles. The number of aromatic nitrogens is 4. The molecule has 0 radical (unpaired) electrons. The summed E-state index contributed by atoms with van der Waals surface area (Å²) in [6, 6.07) is 38.3. The van der Waals surface area contributed by atoms with E-state index < -0.39 is 0 Å². The van der Waals surface area contributed by atoms with Crippen molar-refractivity contribution in [1.82, 2.24) is 19.5 Å². The minimum Gasteiger partial charge on any atom is -0.480 e. The Labute approximate surface area is 232 Å². The number of hydrogen-bond acceptors (Lipinski definition) is 5. The van der Waals surface area contributed by atoms with Gasteiger partial charge in [0, 0.05) is 32.2 Å². The van der Waals surface area contributed by atoms with E-state index >= 15 is 0 Å². The molecule has 3 heterocycles. The zero-order valence-corrected chi connectivity index (χ0v) is 22.1. The van der Waals surface area contributed by atoms with Gasteiger partial charge in [0.25, 0.3) is 0 Å². The molecule has 38 heavy (non-hydrogen) atoms. The van der Waals surface area contributed by atoms with Crippen LogP contribution in [0.3, 0.4) is 0 Å². The summed E-state index contributed by atoms with van der Waals surface area (Å²) in [5.74, 6) is 1.43. The van der Waals surface area contributed by atoms with Crippen LogP contribution >= 0.6 is 0 Å². The van der Waals surface area contributed by atoms with Crippen LogP contribution in [-0.2, 0) is 21.1 Å². The summed E-state index contributed by atoms with van der Waals surface area (Å²) in [6.45, 7) is 0. The topological polar surface area (TPSA) is 73.1 Å². The second-order valence-electron chi connectivity index (χ2n) is 8.66. The molecular formula is C31H19N4O2Pt-. The number of aromatic hydroxyl groups is 1. The van der Waals surface area contributed by atoms with Gasteiger partial charge in [0.1, 0.15) is 5.82 Å². The molecule has 0 aliphatic heterocycles. The Morgan fingerprint density at radius 2 is 1.45 bits per heavy atom. The van der Waals surface area contributed by atoms with E-state index in [9.17, 15) is 5.11 Å². The predicted octanol–water partition coefficient (Wildman–Crippen LogP) is 7.08. The fourth-order valence-electron chi connectivity index (χ4n) is 4.56. The van der Waals surface area contributed by atoms with Crippen molar-refractivity contribution in [3.63, 3.8) is 0 Å². The number of benzene rings is 4. The maximum Gasteiger partial charge on any atom is 0.300 e. The van der Waals surface area contributed by atoms with Crippen molar-refractivity contribution in [3.05, 3.63) is 115 Å². The molecule has 6 nitrogen and oxygen atoms in total. The van der Waals surface area contributed by atoms with Crippen molar-refractivity contribution in [1.29, 1.82) is 0 Å². The van der Waals surface area contributed by atoms with E-state index in [-0.39, 0.29) is 27.1 Å². The number of pyridine rings is 2. The first-order chi connectivity index (χ1) is 18.2. The third-order valence-electron chi connectivity index (χ3n) is 6.31. The minimum absolute atomic E-state index is 0. The molecule has 0 unspecified atom stereocenters. The zero-order chi connectivity index (χ0) is 24.8. The Kier molecular flexibility index (Phi) is 6.10.